The molecule has 7 rings (SSSR count). The van der Waals surface area contributed by atoms with Crippen LogP contribution in [0.3, 0.4) is 0 Å². The van der Waals surface area contributed by atoms with Crippen LogP contribution in [-0.2, 0) is 36.7 Å². The van der Waals surface area contributed by atoms with Gasteiger partial charge in [-0.1, -0.05) is 0 Å². The second-order valence-corrected chi connectivity index (χ2v) is 14.5. The Balaban J connectivity index is 1.20. The predicted octanol–water partition coefficient (Wildman–Crippen LogP) is -1.55. The number of nitrogens with two attached hydrogens (primary N) is 2. The van der Waals surface area contributed by atoms with Gasteiger partial charge in [-0.15, -0.1) is 0 Å². The van der Waals surface area contributed by atoms with E-state index in [-0.39, 0.29) is 34.0 Å². The lowest BCUT2D eigenvalue weighted by Gasteiger charge is -2.30. The Labute approximate surface area is 257 Å². The lowest BCUT2D eigenvalue weighted by Crippen LogP contribution is -2.39. The lowest BCUT2D eigenvalue weighted by atomic mass is 10.1. The van der Waals surface area contributed by atoms with E-state index in [1.807, 2.05) is 0 Å². The van der Waals surface area contributed by atoms with Gasteiger partial charge in [-0.25, -0.2) is 29.9 Å². The Morgan fingerprint density at radius 1 is 0.717 bits per heavy atom. The quantitative estimate of drug-likeness (QED) is 0.132. The first-order valence-electron chi connectivity index (χ1n) is 13.6. The van der Waals surface area contributed by atoms with Crippen LogP contribution in [-0.4, -0.2) is 122 Å². The molecular formula is C22H28N10O12P2. The van der Waals surface area contributed by atoms with Crippen molar-refractivity contribution in [2.75, 3.05) is 37.4 Å². The Morgan fingerprint density at radius 3 is 1.52 bits per heavy atom. The molecule has 10 atom stereocenters. The zero-order valence-electron chi connectivity index (χ0n) is 23.4. The SMILES string of the molecule is Nc1ncnc2c1ncn2[C@@H]1O[C@@H]2COP(=O)(CO)O[C@H]3[C@@H](O)[C@H](n4cnc5c(N)ncnc54)O[C@@H]3COP(=O)(CO)O[C@H]2[C@H]1O. The smallest absolute Gasteiger partial charge is 0.356 e. The number of fused-ring (bicyclic) bond motifs is 4. The van der Waals surface area contributed by atoms with Crippen LogP contribution < -0.4 is 11.5 Å². The van der Waals surface area contributed by atoms with Gasteiger partial charge in [-0.3, -0.25) is 27.3 Å². The van der Waals surface area contributed by atoms with Crippen molar-refractivity contribution in [2.45, 2.75) is 49.1 Å². The van der Waals surface area contributed by atoms with Gasteiger partial charge in [0, 0.05) is 0 Å². The number of aromatic nitrogens is 8. The van der Waals surface area contributed by atoms with Gasteiger partial charge in [0.1, 0.15) is 73.0 Å². The van der Waals surface area contributed by atoms with Crippen molar-refractivity contribution in [3.63, 3.8) is 0 Å². The van der Waals surface area contributed by atoms with Gasteiger partial charge in [-0.05, 0) is 0 Å². The molecule has 0 aliphatic carbocycles. The molecule has 7 heterocycles. The van der Waals surface area contributed by atoms with Gasteiger partial charge in [-0.2, -0.15) is 0 Å². The maximum Gasteiger partial charge on any atom is 0.356 e. The molecule has 3 aliphatic rings. The van der Waals surface area contributed by atoms with Gasteiger partial charge >= 0.3 is 15.2 Å². The standard InChI is InChI=1S/C22H28N10O12P2/c23-17-11-19(27-3-25-17)31(5-29-11)21-13(35)15-9(41-21)1-39-45(37,7-33)44-16-10(2-40-46(38,8-34)43-15)42-22(14(16)36)32-6-30-12-18(24)26-4-28-20(12)32/h3-6,9-10,13-16,21-22,33-36H,1-2,7-8H2,(H2,23,25,27)(H2,24,26,28)/t9-,10-,13-,14-,15-,16-,21-,22-,45?,46?/m1/s1. The van der Waals surface area contributed by atoms with Crippen molar-refractivity contribution in [1.82, 2.24) is 39.0 Å². The molecule has 0 spiro atoms. The molecule has 8 N–H and O–H groups in total. The molecule has 24 heteroatoms. The third-order valence-corrected chi connectivity index (χ3v) is 10.6. The Hall–Kier alpha value is -3.24. The summed E-state index contributed by atoms with van der Waals surface area (Å²) in [6.07, 6.45) is -8.76. The number of aliphatic hydroxyl groups is 4. The number of nitrogen functional groups attached to an aromatic ring is 2. The van der Waals surface area contributed by atoms with Crippen LogP contribution >= 0.6 is 15.2 Å². The number of hydrogen-bond acceptors (Lipinski definition) is 20. The van der Waals surface area contributed by atoms with Crippen LogP contribution in [0.4, 0.5) is 11.6 Å². The van der Waals surface area contributed by atoms with Crippen LogP contribution in [0.5, 0.6) is 0 Å². The summed E-state index contributed by atoms with van der Waals surface area (Å²) in [5.74, 6) is 0.134. The van der Waals surface area contributed by atoms with E-state index in [1.54, 1.807) is 0 Å². The first kappa shape index (κ1) is 31.4. The van der Waals surface area contributed by atoms with Crippen LogP contribution in [0.1, 0.15) is 12.5 Å². The molecule has 3 fully saturated rings. The van der Waals surface area contributed by atoms with Crippen molar-refractivity contribution < 1.29 is 57.1 Å². The molecule has 3 saturated heterocycles. The highest BCUT2D eigenvalue weighted by Gasteiger charge is 2.54. The maximum atomic E-state index is 13.7. The normalized spacial score (nSPS) is 37.1. The first-order valence-corrected chi connectivity index (χ1v) is 17.1. The minimum Gasteiger partial charge on any atom is -0.386 e. The minimum atomic E-state index is -4.45. The molecule has 22 nitrogen and oxygen atoms in total. The number of hydrogen-bond donors (Lipinski definition) is 6. The molecular weight excluding hydrogens is 658 g/mol. The monoisotopic (exact) mass is 686 g/mol. The van der Waals surface area contributed by atoms with E-state index >= 15 is 0 Å². The van der Waals surface area contributed by atoms with Crippen molar-refractivity contribution in [2.24, 2.45) is 0 Å². The van der Waals surface area contributed by atoms with Gasteiger partial charge < -0.3 is 50.4 Å². The molecule has 0 radical (unpaired) electrons. The minimum absolute atomic E-state index is 0.0670. The van der Waals surface area contributed by atoms with E-state index in [0.29, 0.717) is 0 Å². The highest BCUT2D eigenvalue weighted by molar-refractivity contribution is 7.53. The van der Waals surface area contributed by atoms with E-state index < -0.39 is 90.2 Å². The second-order valence-electron chi connectivity index (χ2n) is 10.5. The number of rotatable bonds is 4. The zero-order valence-corrected chi connectivity index (χ0v) is 25.2. The van der Waals surface area contributed by atoms with Crippen molar-refractivity contribution in [1.29, 1.82) is 0 Å². The summed E-state index contributed by atoms with van der Waals surface area (Å²) in [6.45, 7) is -1.29. The van der Waals surface area contributed by atoms with Crippen molar-refractivity contribution >= 4 is 49.2 Å². The molecule has 0 saturated carbocycles. The number of nitrogens with zero attached hydrogens (tertiary/aromatic N) is 8. The summed E-state index contributed by atoms with van der Waals surface area (Å²) < 4.78 is 64.4. The number of ether oxygens (including phenoxy) is 2. The molecule has 0 aromatic carbocycles. The first-order chi connectivity index (χ1) is 22.0. The van der Waals surface area contributed by atoms with Crippen molar-refractivity contribution in [3.05, 3.63) is 25.3 Å². The highest BCUT2D eigenvalue weighted by Crippen LogP contribution is 2.56. The fraction of sp³-hybridized carbons (Fsp3) is 0.545. The van der Waals surface area contributed by atoms with Crippen LogP contribution in [0.2, 0.25) is 0 Å². The van der Waals surface area contributed by atoms with Crippen molar-refractivity contribution in [3.8, 4) is 0 Å². The summed E-state index contributed by atoms with van der Waals surface area (Å²) in [6, 6.07) is 0. The summed E-state index contributed by atoms with van der Waals surface area (Å²) in [4.78, 5) is 24.3. The molecule has 3 aliphatic heterocycles. The fourth-order valence-electron chi connectivity index (χ4n) is 5.49. The van der Waals surface area contributed by atoms with E-state index in [9.17, 15) is 29.6 Å². The average Bonchev–Trinajstić information content (AvgIpc) is 3.81. The second kappa shape index (κ2) is 11.8. The molecule has 46 heavy (non-hydrogen) atoms. The van der Waals surface area contributed by atoms with E-state index in [2.05, 4.69) is 29.9 Å². The molecule has 248 valence electrons. The van der Waals surface area contributed by atoms with Gasteiger partial charge in [0.25, 0.3) is 0 Å². The zero-order chi connectivity index (χ0) is 32.4. The lowest BCUT2D eigenvalue weighted by molar-refractivity contribution is -0.0599. The third-order valence-electron chi connectivity index (χ3n) is 7.72. The van der Waals surface area contributed by atoms with Gasteiger partial charge in [0.2, 0.25) is 0 Å². The highest BCUT2D eigenvalue weighted by atomic mass is 31.2. The summed E-state index contributed by atoms with van der Waals surface area (Å²) in [5, 5.41) is 42.8. The van der Waals surface area contributed by atoms with Crippen LogP contribution in [0.25, 0.3) is 22.3 Å². The number of anilines is 2. The third kappa shape index (κ3) is 5.25. The molecule has 4 aromatic rings. The predicted molar refractivity (Wildman–Crippen MR) is 150 cm³/mol. The summed E-state index contributed by atoms with van der Waals surface area (Å²) in [5.41, 5.74) is 12.5. The molecule has 0 bridgehead atoms. The maximum absolute atomic E-state index is 13.7. The van der Waals surface area contributed by atoms with E-state index in [0.717, 1.165) is 0 Å². The van der Waals surface area contributed by atoms with Gasteiger partial charge in [0.05, 0.1) is 25.9 Å². The molecule has 4 aromatic heterocycles. The van der Waals surface area contributed by atoms with Crippen LogP contribution in [0, 0.1) is 0 Å². The fourth-order valence-corrected chi connectivity index (χ4v) is 7.92. The largest absolute Gasteiger partial charge is 0.386 e. The Morgan fingerprint density at radius 2 is 1.13 bits per heavy atom. The molecule has 2 unspecified atom stereocenters. The average molecular weight is 686 g/mol. The van der Waals surface area contributed by atoms with Gasteiger partial charge in [0.15, 0.2) is 35.4 Å². The number of aliphatic hydroxyl groups excluding tert-OH is 4. The summed E-state index contributed by atoms with van der Waals surface area (Å²) in [7, 11) is -8.90. The molecule has 0 amide bonds. The Bertz CT molecular complexity index is 1730. The number of imidazole rings is 2. The Kier molecular flexibility index (Phi) is 8.03. The topological polar surface area (TPSA) is 310 Å². The van der Waals surface area contributed by atoms with E-state index in [4.69, 9.17) is 39.0 Å². The van der Waals surface area contributed by atoms with Crippen LogP contribution in [0.15, 0.2) is 25.3 Å². The summed E-state index contributed by atoms with van der Waals surface area (Å²) >= 11 is 0. The van der Waals surface area contributed by atoms with E-state index in [1.165, 1.54) is 34.4 Å².